The van der Waals surface area contributed by atoms with Crippen molar-refractivity contribution in [3.05, 3.63) is 35.9 Å². The molecule has 108 valence electrons. The highest BCUT2D eigenvalue weighted by molar-refractivity contribution is 5.45. The van der Waals surface area contributed by atoms with Gasteiger partial charge >= 0.3 is 6.18 Å². The highest BCUT2D eigenvalue weighted by atomic mass is 19.4. The number of halogens is 3. The summed E-state index contributed by atoms with van der Waals surface area (Å²) in [6, 6.07) is 2.66. The lowest BCUT2D eigenvalue weighted by Gasteiger charge is -2.19. The third-order valence-electron chi connectivity index (χ3n) is 2.62. The first-order valence-electron chi connectivity index (χ1n) is 5.76. The van der Waals surface area contributed by atoms with E-state index in [1.807, 2.05) is 0 Å². The molecule has 1 N–H and O–H groups in total. The molecule has 0 amide bonds. The van der Waals surface area contributed by atoms with E-state index in [4.69, 9.17) is 4.42 Å². The van der Waals surface area contributed by atoms with Crippen LogP contribution >= 0.6 is 0 Å². The van der Waals surface area contributed by atoms with Crippen molar-refractivity contribution in [1.82, 2.24) is 9.97 Å². The number of aromatic nitrogens is 2. The zero-order chi connectivity index (χ0) is 14.8. The Morgan fingerprint density at radius 1 is 1.35 bits per heavy atom. The van der Waals surface area contributed by atoms with Crippen molar-refractivity contribution in [2.24, 2.45) is 0 Å². The predicted octanol–water partition coefficient (Wildman–Crippen LogP) is 2.77. The van der Waals surface area contributed by atoms with E-state index < -0.39 is 11.9 Å². The molecule has 0 bridgehead atoms. The van der Waals surface area contributed by atoms with Gasteiger partial charge in [0.15, 0.2) is 5.69 Å². The summed E-state index contributed by atoms with van der Waals surface area (Å²) in [5.74, 6) is 0.103. The Kier molecular flexibility index (Phi) is 3.82. The molecule has 20 heavy (non-hydrogen) atoms. The van der Waals surface area contributed by atoms with Gasteiger partial charge in [-0.1, -0.05) is 0 Å². The van der Waals surface area contributed by atoms with Crippen LogP contribution in [0.15, 0.2) is 29.1 Å². The Morgan fingerprint density at radius 3 is 2.65 bits per heavy atom. The van der Waals surface area contributed by atoms with Crippen LogP contribution in [0.3, 0.4) is 0 Å². The van der Waals surface area contributed by atoms with E-state index in [0.29, 0.717) is 6.54 Å². The highest BCUT2D eigenvalue weighted by Crippen LogP contribution is 2.30. The summed E-state index contributed by atoms with van der Waals surface area (Å²) in [5, 5.41) is 2.53. The van der Waals surface area contributed by atoms with Crippen molar-refractivity contribution >= 4 is 11.8 Å². The van der Waals surface area contributed by atoms with Gasteiger partial charge in [-0.2, -0.15) is 18.2 Å². The van der Waals surface area contributed by atoms with E-state index in [1.165, 1.54) is 19.6 Å². The molecule has 2 rings (SSSR count). The maximum Gasteiger partial charge on any atom is 0.433 e. The standard InChI is InChI=1S/C12H13F3N4O/c1-16-11-17-9(12(13,14)15)5-10(18-11)19(2)6-8-3-4-20-7-8/h3-5,7H,6H2,1-2H3,(H,16,17,18). The molecule has 0 aliphatic rings. The van der Waals surface area contributed by atoms with Crippen LogP contribution in [0.2, 0.25) is 0 Å². The first kappa shape index (κ1) is 14.2. The van der Waals surface area contributed by atoms with Crippen LogP contribution in [-0.4, -0.2) is 24.1 Å². The minimum absolute atomic E-state index is 0.0751. The molecule has 2 heterocycles. The molecule has 0 aromatic carbocycles. The van der Waals surface area contributed by atoms with E-state index in [1.54, 1.807) is 18.0 Å². The van der Waals surface area contributed by atoms with Gasteiger partial charge in [-0.05, 0) is 6.07 Å². The van der Waals surface area contributed by atoms with Gasteiger partial charge in [0.1, 0.15) is 5.82 Å². The molecule has 0 fully saturated rings. The summed E-state index contributed by atoms with van der Waals surface area (Å²) in [7, 11) is 3.12. The van der Waals surface area contributed by atoms with Crippen LogP contribution in [0, 0.1) is 0 Å². The maximum absolute atomic E-state index is 12.8. The van der Waals surface area contributed by atoms with Crippen LogP contribution in [0.5, 0.6) is 0 Å². The zero-order valence-electron chi connectivity index (χ0n) is 10.9. The number of nitrogens with one attached hydrogen (secondary N) is 1. The van der Waals surface area contributed by atoms with Gasteiger partial charge in [-0.3, -0.25) is 0 Å². The average Bonchev–Trinajstić information content (AvgIpc) is 2.90. The van der Waals surface area contributed by atoms with Crippen LogP contribution in [-0.2, 0) is 12.7 Å². The molecule has 0 spiro atoms. The maximum atomic E-state index is 12.8. The van der Waals surface area contributed by atoms with Gasteiger partial charge in [0.2, 0.25) is 5.95 Å². The largest absolute Gasteiger partial charge is 0.472 e. The van der Waals surface area contributed by atoms with Crippen molar-refractivity contribution in [2.45, 2.75) is 12.7 Å². The Balaban J connectivity index is 2.30. The van der Waals surface area contributed by atoms with Crippen molar-refractivity contribution in [3.8, 4) is 0 Å². The van der Waals surface area contributed by atoms with Crippen molar-refractivity contribution in [3.63, 3.8) is 0 Å². The summed E-state index contributed by atoms with van der Waals surface area (Å²) in [6.45, 7) is 0.383. The molecular weight excluding hydrogens is 273 g/mol. The molecule has 0 radical (unpaired) electrons. The van der Waals surface area contributed by atoms with E-state index in [2.05, 4.69) is 15.3 Å². The van der Waals surface area contributed by atoms with E-state index in [9.17, 15) is 13.2 Å². The number of hydrogen-bond acceptors (Lipinski definition) is 5. The second-order valence-corrected chi connectivity index (χ2v) is 4.17. The molecule has 0 unspecified atom stereocenters. The Hall–Kier alpha value is -2.25. The number of furan rings is 1. The lowest BCUT2D eigenvalue weighted by molar-refractivity contribution is -0.141. The van der Waals surface area contributed by atoms with Crippen LogP contribution in [0.25, 0.3) is 0 Å². The first-order chi connectivity index (χ1) is 9.40. The van der Waals surface area contributed by atoms with Gasteiger partial charge in [-0.25, -0.2) is 4.98 Å². The molecule has 0 aliphatic heterocycles. The fraction of sp³-hybridized carbons (Fsp3) is 0.333. The van der Waals surface area contributed by atoms with Gasteiger partial charge in [0.25, 0.3) is 0 Å². The third-order valence-corrected chi connectivity index (χ3v) is 2.62. The van der Waals surface area contributed by atoms with Gasteiger partial charge in [0, 0.05) is 32.3 Å². The smallest absolute Gasteiger partial charge is 0.433 e. The molecular formula is C12H13F3N4O. The molecule has 2 aromatic heterocycles. The molecule has 0 saturated heterocycles. The van der Waals surface area contributed by atoms with Crippen LogP contribution < -0.4 is 10.2 Å². The monoisotopic (exact) mass is 286 g/mol. The lowest BCUT2D eigenvalue weighted by atomic mass is 10.3. The molecule has 5 nitrogen and oxygen atoms in total. The SMILES string of the molecule is CNc1nc(N(C)Cc2ccoc2)cc(C(F)(F)F)n1. The molecule has 2 aromatic rings. The second-order valence-electron chi connectivity index (χ2n) is 4.17. The summed E-state index contributed by atoms with van der Waals surface area (Å²) in [5.41, 5.74) is -0.142. The van der Waals surface area contributed by atoms with Crippen molar-refractivity contribution in [2.75, 3.05) is 24.3 Å². The zero-order valence-corrected chi connectivity index (χ0v) is 10.9. The number of alkyl halides is 3. The van der Waals surface area contributed by atoms with Crippen molar-refractivity contribution in [1.29, 1.82) is 0 Å². The number of anilines is 2. The number of nitrogens with zero attached hydrogens (tertiary/aromatic N) is 3. The minimum atomic E-state index is -4.51. The number of hydrogen-bond donors (Lipinski definition) is 1. The molecule has 0 aliphatic carbocycles. The Bertz CT molecular complexity index is 569. The van der Waals surface area contributed by atoms with Crippen LogP contribution in [0.1, 0.15) is 11.3 Å². The fourth-order valence-corrected chi connectivity index (χ4v) is 1.62. The first-order valence-corrected chi connectivity index (χ1v) is 5.76. The molecule has 0 saturated carbocycles. The van der Waals surface area contributed by atoms with Gasteiger partial charge in [-0.15, -0.1) is 0 Å². The summed E-state index contributed by atoms with van der Waals surface area (Å²) in [6.07, 6.45) is -1.48. The topological polar surface area (TPSA) is 54.2 Å². The fourth-order valence-electron chi connectivity index (χ4n) is 1.62. The molecule has 0 atom stereocenters. The normalized spacial score (nSPS) is 11.4. The van der Waals surface area contributed by atoms with E-state index in [0.717, 1.165) is 11.6 Å². The second kappa shape index (κ2) is 5.40. The van der Waals surface area contributed by atoms with Crippen molar-refractivity contribution < 1.29 is 17.6 Å². The predicted molar refractivity (Wildman–Crippen MR) is 67.4 cm³/mol. The van der Waals surface area contributed by atoms with E-state index >= 15 is 0 Å². The highest BCUT2D eigenvalue weighted by Gasteiger charge is 2.34. The average molecular weight is 286 g/mol. The van der Waals surface area contributed by atoms with Gasteiger partial charge < -0.3 is 14.6 Å². The number of rotatable bonds is 4. The Labute approximate surface area is 113 Å². The van der Waals surface area contributed by atoms with Crippen LogP contribution in [0.4, 0.5) is 24.9 Å². The third kappa shape index (κ3) is 3.19. The summed E-state index contributed by atoms with van der Waals surface area (Å²) >= 11 is 0. The molecule has 8 heteroatoms. The lowest BCUT2D eigenvalue weighted by Crippen LogP contribution is -2.20. The minimum Gasteiger partial charge on any atom is -0.472 e. The summed E-state index contributed by atoms with van der Waals surface area (Å²) in [4.78, 5) is 9.02. The van der Waals surface area contributed by atoms with E-state index in [-0.39, 0.29) is 11.8 Å². The quantitative estimate of drug-likeness (QED) is 0.936. The van der Waals surface area contributed by atoms with Gasteiger partial charge in [0.05, 0.1) is 12.5 Å². The summed E-state index contributed by atoms with van der Waals surface area (Å²) < 4.78 is 43.2. The Morgan fingerprint density at radius 2 is 2.10 bits per heavy atom.